The number of nitrogens with two attached hydrogens (primary N) is 2. The highest BCUT2D eigenvalue weighted by molar-refractivity contribution is 7.53. The van der Waals surface area contributed by atoms with Crippen LogP contribution in [0.25, 0.3) is 0 Å². The second-order valence-corrected chi connectivity index (χ2v) is 4.40. The van der Waals surface area contributed by atoms with E-state index < -0.39 is 7.67 Å². The van der Waals surface area contributed by atoms with Crippen LogP contribution in [-0.2, 0) is 9.19 Å². The fourth-order valence-corrected chi connectivity index (χ4v) is 1.42. The summed E-state index contributed by atoms with van der Waals surface area (Å²) in [5.41, 5.74) is 10.8. The SMILES string of the molecule is NP(N)(=O)ON=C1CCCCC1. The molecule has 0 aromatic rings. The van der Waals surface area contributed by atoms with E-state index in [1.165, 1.54) is 6.42 Å². The summed E-state index contributed by atoms with van der Waals surface area (Å²) in [5.74, 6) is 0. The Hall–Kier alpha value is -0.380. The summed E-state index contributed by atoms with van der Waals surface area (Å²) in [6.07, 6.45) is 5.26. The van der Waals surface area contributed by atoms with Crippen LogP contribution in [0.15, 0.2) is 5.16 Å². The molecule has 0 spiro atoms. The molecular formula is C6H14N3O2P. The molecule has 0 heterocycles. The minimum Gasteiger partial charge on any atom is -0.312 e. The first-order valence-corrected chi connectivity index (χ1v) is 5.76. The maximum Gasteiger partial charge on any atom is 0.405 e. The third-order valence-corrected chi connectivity index (χ3v) is 2.07. The van der Waals surface area contributed by atoms with Gasteiger partial charge in [0.2, 0.25) is 0 Å². The van der Waals surface area contributed by atoms with E-state index in [1.807, 2.05) is 0 Å². The number of nitrogens with zero attached hydrogens (tertiary/aromatic N) is 1. The van der Waals surface area contributed by atoms with Crippen molar-refractivity contribution in [2.45, 2.75) is 32.1 Å². The van der Waals surface area contributed by atoms with Gasteiger partial charge in [0.15, 0.2) is 0 Å². The first kappa shape index (κ1) is 9.71. The van der Waals surface area contributed by atoms with Gasteiger partial charge in [0.05, 0.1) is 5.71 Å². The highest BCUT2D eigenvalue weighted by atomic mass is 31.2. The van der Waals surface area contributed by atoms with Crippen LogP contribution in [0.4, 0.5) is 0 Å². The predicted molar refractivity (Wildman–Crippen MR) is 47.6 cm³/mol. The van der Waals surface area contributed by atoms with Gasteiger partial charge in [0, 0.05) is 0 Å². The number of rotatable bonds is 2. The van der Waals surface area contributed by atoms with Crippen molar-refractivity contribution in [1.82, 2.24) is 0 Å². The Morgan fingerprint density at radius 3 is 2.33 bits per heavy atom. The van der Waals surface area contributed by atoms with Gasteiger partial charge < -0.3 is 4.62 Å². The normalized spacial score (nSPS) is 19.0. The second-order valence-electron chi connectivity index (χ2n) is 2.95. The largest absolute Gasteiger partial charge is 0.405 e. The summed E-state index contributed by atoms with van der Waals surface area (Å²) in [6.45, 7) is 0. The van der Waals surface area contributed by atoms with Crippen molar-refractivity contribution in [3.8, 4) is 0 Å². The summed E-state index contributed by atoms with van der Waals surface area (Å²) in [5, 5.41) is 3.66. The van der Waals surface area contributed by atoms with Crippen molar-refractivity contribution < 1.29 is 9.19 Å². The molecule has 0 radical (unpaired) electrons. The van der Waals surface area contributed by atoms with Crippen molar-refractivity contribution in [3.63, 3.8) is 0 Å². The van der Waals surface area contributed by atoms with E-state index in [0.717, 1.165) is 31.4 Å². The molecule has 0 atom stereocenters. The van der Waals surface area contributed by atoms with Crippen molar-refractivity contribution >= 4 is 13.4 Å². The van der Waals surface area contributed by atoms with E-state index in [0.29, 0.717) is 0 Å². The average Bonchev–Trinajstić information content (AvgIpc) is 2.02. The van der Waals surface area contributed by atoms with Gasteiger partial charge in [0.1, 0.15) is 0 Å². The molecule has 1 aliphatic carbocycles. The summed E-state index contributed by atoms with van der Waals surface area (Å²) in [4.78, 5) is 0. The van der Waals surface area contributed by atoms with Gasteiger partial charge in [-0.2, -0.15) is 0 Å². The Balaban J connectivity index is 2.40. The molecule has 4 N–H and O–H groups in total. The van der Waals surface area contributed by atoms with E-state index in [1.54, 1.807) is 0 Å². The van der Waals surface area contributed by atoms with Crippen LogP contribution in [0.3, 0.4) is 0 Å². The Morgan fingerprint density at radius 1 is 1.25 bits per heavy atom. The van der Waals surface area contributed by atoms with Gasteiger partial charge in [0.25, 0.3) is 0 Å². The van der Waals surface area contributed by atoms with E-state index >= 15 is 0 Å². The maximum absolute atomic E-state index is 10.7. The molecular weight excluding hydrogens is 177 g/mol. The number of oxime groups is 1. The number of hydrogen-bond donors (Lipinski definition) is 2. The molecule has 0 unspecified atom stereocenters. The summed E-state index contributed by atoms with van der Waals surface area (Å²) in [6, 6.07) is 0. The minimum absolute atomic E-state index is 0.903. The highest BCUT2D eigenvalue weighted by Crippen LogP contribution is 2.27. The lowest BCUT2D eigenvalue weighted by Crippen LogP contribution is -2.09. The lowest BCUT2D eigenvalue weighted by Gasteiger charge is -2.12. The Kier molecular flexibility index (Phi) is 3.26. The van der Waals surface area contributed by atoms with Crippen LogP contribution in [0, 0.1) is 0 Å². The minimum atomic E-state index is -3.42. The fraction of sp³-hybridized carbons (Fsp3) is 0.833. The van der Waals surface area contributed by atoms with Gasteiger partial charge in [-0.05, 0) is 25.7 Å². The van der Waals surface area contributed by atoms with Crippen molar-refractivity contribution in [2.75, 3.05) is 0 Å². The average molecular weight is 191 g/mol. The maximum atomic E-state index is 10.7. The quantitative estimate of drug-likeness (QED) is 0.509. The molecule has 12 heavy (non-hydrogen) atoms. The molecule has 0 bridgehead atoms. The van der Waals surface area contributed by atoms with Gasteiger partial charge in [-0.15, -0.1) is 0 Å². The molecule has 1 saturated carbocycles. The van der Waals surface area contributed by atoms with Gasteiger partial charge in [-0.1, -0.05) is 11.6 Å². The molecule has 6 heteroatoms. The van der Waals surface area contributed by atoms with Crippen molar-refractivity contribution in [1.29, 1.82) is 0 Å². The van der Waals surface area contributed by atoms with Crippen molar-refractivity contribution in [2.24, 2.45) is 16.2 Å². The summed E-state index contributed by atoms with van der Waals surface area (Å²) >= 11 is 0. The molecule has 1 rings (SSSR count). The van der Waals surface area contributed by atoms with Crippen molar-refractivity contribution in [3.05, 3.63) is 0 Å². The monoisotopic (exact) mass is 191 g/mol. The number of hydrogen-bond acceptors (Lipinski definition) is 3. The third-order valence-electron chi connectivity index (χ3n) is 1.73. The topological polar surface area (TPSA) is 90.7 Å². The molecule has 0 aromatic heterocycles. The molecule has 1 fully saturated rings. The van der Waals surface area contributed by atoms with E-state index in [2.05, 4.69) is 9.78 Å². The Bertz CT molecular complexity index is 215. The van der Waals surface area contributed by atoms with Crippen LogP contribution in [0.5, 0.6) is 0 Å². The van der Waals surface area contributed by atoms with E-state index in [4.69, 9.17) is 11.0 Å². The zero-order chi connectivity index (χ0) is 9.03. The molecule has 0 amide bonds. The predicted octanol–water partition coefficient (Wildman–Crippen LogP) is 1.35. The summed E-state index contributed by atoms with van der Waals surface area (Å²) in [7, 11) is -3.42. The lowest BCUT2D eigenvalue weighted by atomic mass is 9.99. The second kappa shape index (κ2) is 4.03. The molecule has 0 aromatic carbocycles. The van der Waals surface area contributed by atoms with E-state index in [9.17, 15) is 4.57 Å². The van der Waals surface area contributed by atoms with Crippen LogP contribution >= 0.6 is 7.67 Å². The molecule has 0 aliphatic heterocycles. The Morgan fingerprint density at radius 2 is 1.83 bits per heavy atom. The van der Waals surface area contributed by atoms with Crippen LogP contribution in [0.1, 0.15) is 32.1 Å². The zero-order valence-electron chi connectivity index (χ0n) is 6.90. The molecule has 5 nitrogen and oxygen atoms in total. The fourth-order valence-electron chi connectivity index (χ4n) is 1.17. The first-order chi connectivity index (χ1) is 5.58. The third kappa shape index (κ3) is 3.85. The van der Waals surface area contributed by atoms with Gasteiger partial charge in [-0.3, -0.25) is 0 Å². The van der Waals surface area contributed by atoms with Gasteiger partial charge in [-0.25, -0.2) is 15.6 Å². The summed E-state index contributed by atoms with van der Waals surface area (Å²) < 4.78 is 15.2. The lowest BCUT2D eigenvalue weighted by molar-refractivity contribution is 0.331. The standard InChI is InChI=1S/C6H14N3O2P/c7-12(8,10)11-9-6-4-2-1-3-5-6/h1-5H2,(H4,7,8,10). The highest BCUT2D eigenvalue weighted by Gasteiger charge is 2.11. The molecule has 70 valence electrons. The smallest absolute Gasteiger partial charge is 0.312 e. The van der Waals surface area contributed by atoms with Gasteiger partial charge >= 0.3 is 7.67 Å². The van der Waals surface area contributed by atoms with Crippen LogP contribution in [0.2, 0.25) is 0 Å². The van der Waals surface area contributed by atoms with Crippen LogP contribution in [-0.4, -0.2) is 5.71 Å². The first-order valence-electron chi connectivity index (χ1n) is 3.99. The molecule has 1 aliphatic rings. The van der Waals surface area contributed by atoms with E-state index in [-0.39, 0.29) is 0 Å². The molecule has 0 saturated heterocycles. The Labute approximate surface area is 71.7 Å². The van der Waals surface area contributed by atoms with Crippen LogP contribution < -0.4 is 11.0 Å². The zero-order valence-corrected chi connectivity index (χ0v) is 7.80.